The molecule has 0 fully saturated rings. The number of H-pyrrole nitrogens is 1. The predicted molar refractivity (Wildman–Crippen MR) is 62.6 cm³/mol. The molecule has 1 unspecified atom stereocenters. The van der Waals surface area contributed by atoms with Gasteiger partial charge in [0.1, 0.15) is 11.6 Å². The molecule has 90 valence electrons. The molecule has 0 amide bonds. The van der Waals surface area contributed by atoms with Gasteiger partial charge in [0, 0.05) is 26.1 Å². The fourth-order valence-corrected chi connectivity index (χ4v) is 1.33. The van der Waals surface area contributed by atoms with Gasteiger partial charge in [0.15, 0.2) is 0 Å². The maximum Gasteiger partial charge on any atom is 0.252 e. The molecular weight excluding hydrogens is 208 g/mol. The number of nitrogens with two attached hydrogens (primary N) is 1. The molecule has 0 aromatic carbocycles. The van der Waals surface area contributed by atoms with E-state index in [0.29, 0.717) is 31.2 Å². The molecule has 6 heteroatoms. The molecule has 16 heavy (non-hydrogen) atoms. The van der Waals surface area contributed by atoms with Crippen LogP contribution in [0.1, 0.15) is 12.7 Å². The molecule has 1 aromatic rings. The number of hydrogen-bond donors (Lipinski definition) is 3. The molecule has 6 nitrogen and oxygen atoms in total. The van der Waals surface area contributed by atoms with Gasteiger partial charge in [-0.2, -0.15) is 0 Å². The molecule has 0 saturated heterocycles. The van der Waals surface area contributed by atoms with E-state index >= 15 is 0 Å². The van der Waals surface area contributed by atoms with Crippen LogP contribution in [0.2, 0.25) is 0 Å². The summed E-state index contributed by atoms with van der Waals surface area (Å²) in [5, 5.41) is 3.06. The molecular formula is C10H18N4O2. The van der Waals surface area contributed by atoms with Gasteiger partial charge < -0.3 is 20.8 Å². The molecule has 0 saturated carbocycles. The molecule has 0 aliphatic heterocycles. The van der Waals surface area contributed by atoms with Crippen LogP contribution in [0.3, 0.4) is 0 Å². The lowest BCUT2D eigenvalue weighted by molar-refractivity contribution is 0.187. The third-order valence-corrected chi connectivity index (χ3v) is 2.13. The van der Waals surface area contributed by atoms with Crippen molar-refractivity contribution in [2.24, 2.45) is 5.73 Å². The molecule has 1 rings (SSSR count). The summed E-state index contributed by atoms with van der Waals surface area (Å²) in [6, 6.07) is 1.38. The highest BCUT2D eigenvalue weighted by Crippen LogP contribution is 2.01. The Balaban J connectivity index is 2.79. The van der Waals surface area contributed by atoms with Crippen LogP contribution in [-0.4, -0.2) is 36.3 Å². The van der Waals surface area contributed by atoms with Gasteiger partial charge in [0.2, 0.25) is 0 Å². The van der Waals surface area contributed by atoms with Crippen LogP contribution in [0.15, 0.2) is 10.9 Å². The number of methoxy groups -OCH3 is 1. The van der Waals surface area contributed by atoms with Gasteiger partial charge in [-0.15, -0.1) is 0 Å². The van der Waals surface area contributed by atoms with Crippen LogP contribution in [0.25, 0.3) is 0 Å². The second-order valence-corrected chi connectivity index (χ2v) is 3.46. The maximum atomic E-state index is 11.3. The first-order chi connectivity index (χ1) is 7.69. The summed E-state index contributed by atoms with van der Waals surface area (Å²) in [6.07, 6.45) is 0.683. The number of anilines is 1. The summed E-state index contributed by atoms with van der Waals surface area (Å²) in [7, 11) is 1.60. The number of nitrogens with one attached hydrogen (secondary N) is 2. The molecule has 0 radical (unpaired) electrons. The van der Waals surface area contributed by atoms with Gasteiger partial charge in [0.05, 0.1) is 12.6 Å². The van der Waals surface area contributed by atoms with E-state index in [1.165, 1.54) is 6.07 Å². The van der Waals surface area contributed by atoms with E-state index < -0.39 is 0 Å². The van der Waals surface area contributed by atoms with Crippen molar-refractivity contribution in [2.45, 2.75) is 19.4 Å². The molecule has 0 aliphatic carbocycles. The van der Waals surface area contributed by atoms with Crippen LogP contribution < -0.4 is 16.6 Å². The lowest BCUT2D eigenvalue weighted by Crippen LogP contribution is -2.34. The number of hydrogen-bond acceptors (Lipinski definition) is 5. The number of aromatic amines is 1. The molecule has 1 heterocycles. The minimum atomic E-state index is -0.164. The van der Waals surface area contributed by atoms with Gasteiger partial charge in [0.25, 0.3) is 5.56 Å². The van der Waals surface area contributed by atoms with Gasteiger partial charge in [-0.25, -0.2) is 4.98 Å². The van der Waals surface area contributed by atoms with Crippen molar-refractivity contribution in [2.75, 3.05) is 25.6 Å². The standard InChI is InChI=1S/C10H18N4O2/c1-3-8-13-9(4-10(15)14-8)12-7(5-11)6-16-2/h4,7H,3,5-6,11H2,1-2H3,(H2,12,13,14,15). The quantitative estimate of drug-likeness (QED) is 0.620. The Morgan fingerprint density at radius 3 is 3.00 bits per heavy atom. The fraction of sp³-hybridized carbons (Fsp3) is 0.600. The van der Waals surface area contributed by atoms with Crippen LogP contribution >= 0.6 is 0 Å². The Kier molecular flexibility index (Phi) is 4.94. The zero-order chi connectivity index (χ0) is 12.0. The lowest BCUT2D eigenvalue weighted by Gasteiger charge is -2.16. The van der Waals surface area contributed by atoms with Gasteiger partial charge >= 0.3 is 0 Å². The Labute approximate surface area is 94.2 Å². The van der Waals surface area contributed by atoms with Gasteiger partial charge in [-0.05, 0) is 0 Å². The summed E-state index contributed by atoms with van der Waals surface area (Å²) in [6.45, 7) is 2.83. The lowest BCUT2D eigenvalue weighted by atomic mass is 10.3. The maximum absolute atomic E-state index is 11.3. The van der Waals surface area contributed by atoms with Crippen molar-refractivity contribution in [1.29, 1.82) is 0 Å². The van der Waals surface area contributed by atoms with E-state index in [2.05, 4.69) is 15.3 Å². The van der Waals surface area contributed by atoms with E-state index in [1.54, 1.807) is 7.11 Å². The Morgan fingerprint density at radius 2 is 2.44 bits per heavy atom. The SMILES string of the molecule is CCc1nc(NC(CN)COC)cc(=O)[nH]1. The Morgan fingerprint density at radius 1 is 1.69 bits per heavy atom. The number of aryl methyl sites for hydroxylation is 1. The fourth-order valence-electron chi connectivity index (χ4n) is 1.33. The summed E-state index contributed by atoms with van der Waals surface area (Å²) >= 11 is 0. The molecule has 0 spiro atoms. The van der Waals surface area contributed by atoms with Crippen molar-refractivity contribution >= 4 is 5.82 Å². The highest BCUT2D eigenvalue weighted by molar-refractivity contribution is 5.34. The largest absolute Gasteiger partial charge is 0.383 e. The second kappa shape index (κ2) is 6.24. The van der Waals surface area contributed by atoms with E-state index in [9.17, 15) is 4.79 Å². The van der Waals surface area contributed by atoms with Crippen molar-refractivity contribution in [3.63, 3.8) is 0 Å². The van der Waals surface area contributed by atoms with Crippen LogP contribution in [0, 0.1) is 0 Å². The Bertz CT molecular complexity index is 377. The smallest absolute Gasteiger partial charge is 0.252 e. The number of nitrogens with zero attached hydrogens (tertiary/aromatic N) is 1. The topological polar surface area (TPSA) is 93.0 Å². The number of ether oxygens (including phenoxy) is 1. The zero-order valence-corrected chi connectivity index (χ0v) is 9.62. The normalized spacial score (nSPS) is 12.4. The van der Waals surface area contributed by atoms with Crippen molar-refractivity contribution < 1.29 is 4.74 Å². The molecule has 4 N–H and O–H groups in total. The summed E-state index contributed by atoms with van der Waals surface area (Å²) < 4.78 is 5.00. The minimum Gasteiger partial charge on any atom is -0.383 e. The third kappa shape index (κ3) is 3.63. The van der Waals surface area contributed by atoms with Crippen molar-refractivity contribution in [1.82, 2.24) is 9.97 Å². The van der Waals surface area contributed by atoms with Crippen LogP contribution in [0.5, 0.6) is 0 Å². The van der Waals surface area contributed by atoms with Crippen LogP contribution in [0.4, 0.5) is 5.82 Å². The molecule has 1 atom stereocenters. The molecule has 1 aromatic heterocycles. The van der Waals surface area contributed by atoms with Crippen LogP contribution in [-0.2, 0) is 11.2 Å². The van der Waals surface area contributed by atoms with Crippen molar-refractivity contribution in [3.8, 4) is 0 Å². The average Bonchev–Trinajstić information content (AvgIpc) is 2.27. The Hall–Kier alpha value is -1.40. The first-order valence-electron chi connectivity index (χ1n) is 5.25. The average molecular weight is 226 g/mol. The minimum absolute atomic E-state index is 0.0380. The first-order valence-corrected chi connectivity index (χ1v) is 5.25. The van der Waals surface area contributed by atoms with Crippen molar-refractivity contribution in [3.05, 3.63) is 22.2 Å². The van der Waals surface area contributed by atoms with Gasteiger partial charge in [-0.3, -0.25) is 4.79 Å². The van der Waals surface area contributed by atoms with Gasteiger partial charge in [-0.1, -0.05) is 6.92 Å². The van der Waals surface area contributed by atoms with E-state index in [4.69, 9.17) is 10.5 Å². The number of rotatable bonds is 6. The highest BCUT2D eigenvalue weighted by atomic mass is 16.5. The predicted octanol–water partition coefficient (Wildman–Crippen LogP) is -0.282. The first kappa shape index (κ1) is 12.7. The van der Waals surface area contributed by atoms with E-state index in [1.807, 2.05) is 6.92 Å². The summed E-state index contributed by atoms with van der Waals surface area (Å²) in [4.78, 5) is 18.2. The summed E-state index contributed by atoms with van der Waals surface area (Å²) in [5.74, 6) is 1.19. The number of aromatic nitrogens is 2. The van der Waals surface area contributed by atoms with E-state index in [-0.39, 0.29) is 11.6 Å². The van der Waals surface area contributed by atoms with E-state index in [0.717, 1.165) is 0 Å². The summed E-state index contributed by atoms with van der Waals surface area (Å²) in [5.41, 5.74) is 5.39. The third-order valence-electron chi connectivity index (χ3n) is 2.13. The zero-order valence-electron chi connectivity index (χ0n) is 9.62. The molecule has 0 aliphatic rings. The molecule has 0 bridgehead atoms. The second-order valence-electron chi connectivity index (χ2n) is 3.46. The monoisotopic (exact) mass is 226 g/mol. The highest BCUT2D eigenvalue weighted by Gasteiger charge is 2.07.